The predicted molar refractivity (Wildman–Crippen MR) is 135 cm³/mol. The van der Waals surface area contributed by atoms with Gasteiger partial charge in [-0.05, 0) is 49.9 Å². The van der Waals surface area contributed by atoms with Gasteiger partial charge in [0.1, 0.15) is 0 Å². The number of aromatic amines is 1. The molecule has 166 valence electrons. The van der Waals surface area contributed by atoms with E-state index in [2.05, 4.69) is 32.8 Å². The van der Waals surface area contributed by atoms with Crippen molar-refractivity contribution in [2.75, 3.05) is 39.8 Å². The number of hydrogen-bond acceptors (Lipinski definition) is 3. The Morgan fingerprint density at radius 3 is 2.80 bits per heavy atom. The summed E-state index contributed by atoms with van der Waals surface area (Å²) in [6.45, 7) is 5.91. The highest BCUT2D eigenvalue weighted by molar-refractivity contribution is 14.0. The average molecular weight is 547 g/mol. The van der Waals surface area contributed by atoms with Gasteiger partial charge in [-0.2, -0.15) is 0 Å². The number of amides is 1. The summed E-state index contributed by atoms with van der Waals surface area (Å²) in [5.74, 6) is 0.931. The molecule has 9 heteroatoms. The van der Waals surface area contributed by atoms with Crippen molar-refractivity contribution in [3.05, 3.63) is 35.0 Å². The van der Waals surface area contributed by atoms with Gasteiger partial charge in [0.25, 0.3) is 0 Å². The number of benzene rings is 1. The van der Waals surface area contributed by atoms with Crippen LogP contribution in [0.4, 0.5) is 0 Å². The second kappa shape index (κ2) is 12.4. The summed E-state index contributed by atoms with van der Waals surface area (Å²) in [7, 11) is 1.68. The fourth-order valence-electron chi connectivity index (χ4n) is 3.68. The normalized spacial score (nSPS) is 15.6. The van der Waals surface area contributed by atoms with Crippen molar-refractivity contribution in [2.45, 2.75) is 32.2 Å². The largest absolute Gasteiger partial charge is 0.361 e. The van der Waals surface area contributed by atoms with Gasteiger partial charge in [0, 0.05) is 61.4 Å². The first-order chi connectivity index (χ1) is 14.1. The van der Waals surface area contributed by atoms with Crippen molar-refractivity contribution in [1.82, 2.24) is 25.8 Å². The van der Waals surface area contributed by atoms with E-state index in [-0.39, 0.29) is 29.9 Å². The second-order valence-electron chi connectivity index (χ2n) is 7.38. The summed E-state index contributed by atoms with van der Waals surface area (Å²) in [5.41, 5.74) is 2.33. The molecule has 0 aliphatic carbocycles. The van der Waals surface area contributed by atoms with Crippen molar-refractivity contribution >= 4 is 58.3 Å². The van der Waals surface area contributed by atoms with Crippen LogP contribution >= 0.6 is 35.6 Å². The van der Waals surface area contributed by atoms with Gasteiger partial charge < -0.3 is 20.9 Å². The van der Waals surface area contributed by atoms with Gasteiger partial charge in [0.15, 0.2) is 5.96 Å². The monoisotopic (exact) mass is 546 g/mol. The van der Waals surface area contributed by atoms with Crippen molar-refractivity contribution in [1.29, 1.82) is 0 Å². The first kappa shape index (κ1) is 24.7. The van der Waals surface area contributed by atoms with E-state index in [1.807, 2.05) is 24.4 Å². The number of carbonyl (C=O) groups is 1. The molecule has 30 heavy (non-hydrogen) atoms. The molecule has 0 atom stereocenters. The Hall–Kier alpha value is -1.52. The Bertz CT molecular complexity index is 847. The summed E-state index contributed by atoms with van der Waals surface area (Å²) in [4.78, 5) is 21.8. The molecule has 1 aliphatic rings. The van der Waals surface area contributed by atoms with Crippen LogP contribution in [0.5, 0.6) is 0 Å². The molecule has 1 aliphatic heterocycles. The zero-order valence-electron chi connectivity index (χ0n) is 17.6. The minimum absolute atomic E-state index is 0. The second-order valence-corrected chi connectivity index (χ2v) is 7.82. The molecule has 1 fully saturated rings. The molecule has 0 spiro atoms. The molecule has 1 saturated heterocycles. The molecule has 0 bridgehead atoms. The van der Waals surface area contributed by atoms with Crippen LogP contribution in [0.25, 0.3) is 10.9 Å². The molecule has 2 heterocycles. The number of nitrogens with zero attached hydrogens (tertiary/aromatic N) is 2. The molecule has 1 amide bonds. The first-order valence-electron chi connectivity index (χ1n) is 10.3. The minimum atomic E-state index is 0. The van der Waals surface area contributed by atoms with Gasteiger partial charge in [-0.15, -0.1) is 24.0 Å². The Labute approximate surface area is 200 Å². The molecule has 0 unspecified atom stereocenters. The fraction of sp³-hybridized carbons (Fsp3) is 0.524. The van der Waals surface area contributed by atoms with E-state index in [0.717, 1.165) is 60.8 Å². The minimum Gasteiger partial charge on any atom is -0.361 e. The molecule has 1 aromatic heterocycles. The van der Waals surface area contributed by atoms with Crippen molar-refractivity contribution in [2.24, 2.45) is 4.99 Å². The highest BCUT2D eigenvalue weighted by Gasteiger charge is 2.21. The Kier molecular flexibility index (Phi) is 10.2. The quantitative estimate of drug-likeness (QED) is 0.245. The Balaban J connectivity index is 0.00000320. The number of likely N-dealkylation sites (N-methyl/N-ethyl adjacent to an activating group) is 1. The highest BCUT2D eigenvalue weighted by Crippen LogP contribution is 2.22. The van der Waals surface area contributed by atoms with E-state index < -0.39 is 0 Å². The molecular formula is C21H32ClIN6O. The Morgan fingerprint density at radius 2 is 2.10 bits per heavy atom. The lowest BCUT2D eigenvalue weighted by Crippen LogP contribution is -2.50. The number of rotatable bonds is 7. The number of nitrogens with one attached hydrogen (secondary N) is 4. The summed E-state index contributed by atoms with van der Waals surface area (Å²) >= 11 is 6.14. The molecule has 7 nitrogen and oxygen atoms in total. The number of carbonyl (C=O) groups excluding carboxylic acids is 1. The van der Waals surface area contributed by atoms with Gasteiger partial charge in [0.05, 0.1) is 6.54 Å². The van der Waals surface area contributed by atoms with Gasteiger partial charge in [0.2, 0.25) is 5.91 Å². The Morgan fingerprint density at radius 1 is 1.33 bits per heavy atom. The van der Waals surface area contributed by atoms with Crippen molar-refractivity contribution in [3.63, 3.8) is 0 Å². The lowest BCUT2D eigenvalue weighted by atomic mass is 10.1. The van der Waals surface area contributed by atoms with E-state index in [1.54, 1.807) is 7.05 Å². The molecule has 3 rings (SSSR count). The number of hydrogen-bond donors (Lipinski definition) is 4. The number of guanidine groups is 1. The van der Waals surface area contributed by atoms with Crippen LogP contribution < -0.4 is 16.0 Å². The number of likely N-dealkylation sites (tertiary alicyclic amines) is 1. The summed E-state index contributed by atoms with van der Waals surface area (Å²) in [6, 6.07) is 6.28. The third-order valence-electron chi connectivity index (χ3n) is 5.30. The van der Waals surface area contributed by atoms with Crippen LogP contribution in [-0.2, 0) is 11.2 Å². The van der Waals surface area contributed by atoms with E-state index in [0.29, 0.717) is 19.1 Å². The summed E-state index contributed by atoms with van der Waals surface area (Å²) in [6.07, 6.45) is 4.89. The summed E-state index contributed by atoms with van der Waals surface area (Å²) in [5, 5.41) is 11.5. The summed E-state index contributed by atoms with van der Waals surface area (Å²) < 4.78 is 0. The van der Waals surface area contributed by atoms with Gasteiger partial charge in [-0.1, -0.05) is 11.6 Å². The van der Waals surface area contributed by atoms with Crippen LogP contribution in [0.15, 0.2) is 29.4 Å². The highest BCUT2D eigenvalue weighted by atomic mass is 127. The lowest BCUT2D eigenvalue weighted by Gasteiger charge is -2.32. The molecule has 1 aromatic carbocycles. The maximum absolute atomic E-state index is 11.5. The topological polar surface area (TPSA) is 84.6 Å². The lowest BCUT2D eigenvalue weighted by molar-refractivity contribution is -0.122. The van der Waals surface area contributed by atoms with Crippen LogP contribution in [0.3, 0.4) is 0 Å². The standard InChI is InChI=1S/C21H31ClN6O.HI/c1-3-24-21(27-17-7-10-28(11-8-17)14-20(29)23-2)25-9-6-15-13-26-19-5-4-16(22)12-18(15)19;/h4-5,12-13,17,26H,3,6-11,14H2,1-2H3,(H,23,29)(H2,24,25,27);1H. The molecule has 0 radical (unpaired) electrons. The van der Waals surface area contributed by atoms with E-state index in [9.17, 15) is 4.79 Å². The maximum atomic E-state index is 11.5. The van der Waals surface area contributed by atoms with Gasteiger partial charge >= 0.3 is 0 Å². The van der Waals surface area contributed by atoms with Crippen LogP contribution in [0, 0.1) is 0 Å². The number of aliphatic imine (C=N–C) groups is 1. The van der Waals surface area contributed by atoms with E-state index >= 15 is 0 Å². The van der Waals surface area contributed by atoms with Crippen LogP contribution in [0.1, 0.15) is 25.3 Å². The molecule has 2 aromatic rings. The maximum Gasteiger partial charge on any atom is 0.233 e. The first-order valence-corrected chi connectivity index (χ1v) is 10.7. The van der Waals surface area contributed by atoms with Crippen molar-refractivity contribution < 1.29 is 4.79 Å². The SMILES string of the molecule is CCNC(=NCCc1c[nH]c2ccc(Cl)cc12)NC1CCN(CC(=O)NC)CC1.I. The molecule has 0 saturated carbocycles. The predicted octanol–water partition coefficient (Wildman–Crippen LogP) is 2.75. The van der Waals surface area contributed by atoms with Crippen LogP contribution in [-0.4, -0.2) is 67.6 Å². The number of halogens is 2. The fourth-order valence-corrected chi connectivity index (χ4v) is 3.85. The third kappa shape index (κ3) is 7.02. The number of piperidine rings is 1. The number of fused-ring (bicyclic) bond motifs is 1. The third-order valence-corrected chi connectivity index (χ3v) is 5.53. The molecule has 4 N–H and O–H groups in total. The zero-order chi connectivity index (χ0) is 20.6. The number of H-pyrrole nitrogens is 1. The van der Waals surface area contributed by atoms with E-state index in [4.69, 9.17) is 16.6 Å². The van der Waals surface area contributed by atoms with Gasteiger partial charge in [-0.25, -0.2) is 0 Å². The number of aromatic nitrogens is 1. The molecular weight excluding hydrogens is 515 g/mol. The van der Waals surface area contributed by atoms with Gasteiger partial charge in [-0.3, -0.25) is 14.7 Å². The van der Waals surface area contributed by atoms with E-state index in [1.165, 1.54) is 5.56 Å². The smallest absolute Gasteiger partial charge is 0.233 e. The van der Waals surface area contributed by atoms with Crippen LogP contribution in [0.2, 0.25) is 5.02 Å². The average Bonchev–Trinajstić information content (AvgIpc) is 3.11. The zero-order valence-corrected chi connectivity index (χ0v) is 20.7. The van der Waals surface area contributed by atoms with Crippen molar-refractivity contribution in [3.8, 4) is 0 Å².